The third-order valence-electron chi connectivity index (χ3n) is 2.73. The molecule has 0 aliphatic heterocycles. The van der Waals surface area contributed by atoms with Crippen LogP contribution in [0.1, 0.15) is 11.1 Å². The minimum absolute atomic E-state index is 0.570. The van der Waals surface area contributed by atoms with Crippen molar-refractivity contribution in [3.8, 4) is 11.1 Å². The van der Waals surface area contributed by atoms with Gasteiger partial charge in [0.1, 0.15) is 0 Å². The van der Waals surface area contributed by atoms with Gasteiger partial charge in [0.2, 0.25) is 0 Å². The first kappa shape index (κ1) is 11.2. The van der Waals surface area contributed by atoms with Crippen LogP contribution in [0.2, 0.25) is 5.02 Å². The van der Waals surface area contributed by atoms with Crippen LogP contribution in [-0.4, -0.2) is 0 Å². The van der Waals surface area contributed by atoms with E-state index in [-0.39, 0.29) is 0 Å². The van der Waals surface area contributed by atoms with Gasteiger partial charge < -0.3 is 5.73 Å². The second-order valence-corrected chi connectivity index (χ2v) is 4.29. The van der Waals surface area contributed by atoms with Gasteiger partial charge in [-0.15, -0.1) is 0 Å². The summed E-state index contributed by atoms with van der Waals surface area (Å²) >= 11 is 5.97. The van der Waals surface area contributed by atoms with Crippen LogP contribution in [-0.2, 0) is 6.54 Å². The number of aryl methyl sites for hydroxylation is 1. The molecule has 2 aromatic carbocycles. The number of nitrogens with two attached hydrogens (primary N) is 1. The van der Waals surface area contributed by atoms with Crippen LogP contribution in [0.4, 0.5) is 0 Å². The summed E-state index contributed by atoms with van der Waals surface area (Å²) < 4.78 is 0. The fourth-order valence-electron chi connectivity index (χ4n) is 1.74. The largest absolute Gasteiger partial charge is 0.326 e. The third kappa shape index (κ3) is 2.26. The molecule has 0 spiro atoms. The molecule has 1 nitrogen and oxygen atoms in total. The van der Waals surface area contributed by atoms with Gasteiger partial charge in [0.05, 0.1) is 0 Å². The molecule has 0 amide bonds. The van der Waals surface area contributed by atoms with Crippen molar-refractivity contribution in [3.05, 3.63) is 58.6 Å². The van der Waals surface area contributed by atoms with Crippen molar-refractivity contribution in [1.29, 1.82) is 0 Å². The van der Waals surface area contributed by atoms with E-state index in [2.05, 4.69) is 31.2 Å². The van der Waals surface area contributed by atoms with E-state index in [0.29, 0.717) is 6.54 Å². The van der Waals surface area contributed by atoms with Gasteiger partial charge in [-0.2, -0.15) is 0 Å². The lowest BCUT2D eigenvalue weighted by molar-refractivity contribution is 1.05. The molecule has 0 unspecified atom stereocenters. The number of benzene rings is 2. The van der Waals surface area contributed by atoms with E-state index in [9.17, 15) is 0 Å². The van der Waals surface area contributed by atoms with E-state index in [4.69, 9.17) is 17.3 Å². The molecule has 0 heterocycles. The molecule has 0 aliphatic carbocycles. The molecule has 0 aliphatic rings. The molecule has 0 saturated carbocycles. The SMILES string of the molecule is Cc1ccc(-c2cccc(Cl)c2)cc1CN. The Morgan fingerprint density at radius 2 is 1.81 bits per heavy atom. The van der Waals surface area contributed by atoms with Crippen molar-refractivity contribution in [2.24, 2.45) is 5.73 Å². The summed E-state index contributed by atoms with van der Waals surface area (Å²) in [6.07, 6.45) is 0. The molecule has 16 heavy (non-hydrogen) atoms. The number of hydrogen-bond donors (Lipinski definition) is 1. The van der Waals surface area contributed by atoms with Crippen molar-refractivity contribution < 1.29 is 0 Å². The van der Waals surface area contributed by atoms with Gasteiger partial charge in [0.15, 0.2) is 0 Å². The first-order chi connectivity index (χ1) is 7.70. The standard InChI is InChI=1S/C14H14ClN/c1-10-5-6-12(7-13(10)9-16)11-3-2-4-14(15)8-11/h2-8H,9,16H2,1H3. The first-order valence-electron chi connectivity index (χ1n) is 5.26. The van der Waals surface area contributed by atoms with E-state index in [1.54, 1.807) is 0 Å². The van der Waals surface area contributed by atoms with Crippen molar-refractivity contribution >= 4 is 11.6 Å². The second kappa shape index (κ2) is 4.69. The van der Waals surface area contributed by atoms with Crippen molar-refractivity contribution in [3.63, 3.8) is 0 Å². The topological polar surface area (TPSA) is 26.0 Å². The summed E-state index contributed by atoms with van der Waals surface area (Å²) in [5, 5.41) is 0.757. The van der Waals surface area contributed by atoms with Crippen molar-refractivity contribution in [2.45, 2.75) is 13.5 Å². The average molecular weight is 232 g/mol. The molecule has 0 aromatic heterocycles. The highest BCUT2D eigenvalue weighted by Crippen LogP contribution is 2.24. The maximum Gasteiger partial charge on any atom is 0.0412 e. The summed E-state index contributed by atoms with van der Waals surface area (Å²) in [7, 11) is 0. The average Bonchev–Trinajstić information content (AvgIpc) is 2.29. The van der Waals surface area contributed by atoms with Crippen LogP contribution in [0.15, 0.2) is 42.5 Å². The van der Waals surface area contributed by atoms with E-state index in [1.807, 2.05) is 18.2 Å². The molecule has 0 radical (unpaired) electrons. The Kier molecular flexibility index (Phi) is 3.28. The molecule has 2 aromatic rings. The fourth-order valence-corrected chi connectivity index (χ4v) is 1.93. The molecule has 2 heteroatoms. The predicted octanol–water partition coefficient (Wildman–Crippen LogP) is 3.77. The lowest BCUT2D eigenvalue weighted by atomic mass is 10.00. The molecule has 82 valence electrons. The van der Waals surface area contributed by atoms with Gasteiger partial charge >= 0.3 is 0 Å². The van der Waals surface area contributed by atoms with Crippen LogP contribution in [0, 0.1) is 6.92 Å². The highest BCUT2D eigenvalue weighted by atomic mass is 35.5. The van der Waals surface area contributed by atoms with Crippen LogP contribution in [0.5, 0.6) is 0 Å². The Balaban J connectivity index is 2.48. The van der Waals surface area contributed by atoms with Gasteiger partial charge in [0.25, 0.3) is 0 Å². The Morgan fingerprint density at radius 3 is 2.50 bits per heavy atom. The maximum atomic E-state index is 5.97. The second-order valence-electron chi connectivity index (χ2n) is 3.86. The Labute approximate surface area is 101 Å². The predicted molar refractivity (Wildman–Crippen MR) is 69.5 cm³/mol. The molecule has 2 rings (SSSR count). The summed E-state index contributed by atoms with van der Waals surface area (Å²) in [5.74, 6) is 0. The van der Waals surface area contributed by atoms with E-state index in [1.165, 1.54) is 11.1 Å². The minimum Gasteiger partial charge on any atom is -0.326 e. The summed E-state index contributed by atoms with van der Waals surface area (Å²) in [6.45, 7) is 2.64. The zero-order valence-electron chi connectivity index (χ0n) is 9.20. The first-order valence-corrected chi connectivity index (χ1v) is 5.64. The van der Waals surface area contributed by atoms with Gasteiger partial charge in [-0.25, -0.2) is 0 Å². The third-order valence-corrected chi connectivity index (χ3v) is 2.96. The number of rotatable bonds is 2. The van der Waals surface area contributed by atoms with E-state index in [0.717, 1.165) is 16.1 Å². The number of halogens is 1. The molecule has 0 atom stereocenters. The van der Waals surface area contributed by atoms with Crippen LogP contribution >= 0.6 is 11.6 Å². The molecule has 0 bridgehead atoms. The van der Waals surface area contributed by atoms with Crippen LogP contribution in [0.25, 0.3) is 11.1 Å². The quantitative estimate of drug-likeness (QED) is 0.837. The van der Waals surface area contributed by atoms with Gasteiger partial charge in [-0.3, -0.25) is 0 Å². The van der Waals surface area contributed by atoms with Crippen LogP contribution in [0.3, 0.4) is 0 Å². The minimum atomic E-state index is 0.570. The molecule has 2 N–H and O–H groups in total. The van der Waals surface area contributed by atoms with E-state index < -0.39 is 0 Å². The molecular weight excluding hydrogens is 218 g/mol. The molecule has 0 fully saturated rings. The summed E-state index contributed by atoms with van der Waals surface area (Å²) in [5.41, 5.74) is 10.4. The molecule has 0 saturated heterocycles. The van der Waals surface area contributed by atoms with Gasteiger partial charge in [-0.1, -0.05) is 35.9 Å². The Bertz CT molecular complexity index is 506. The summed E-state index contributed by atoms with van der Waals surface area (Å²) in [6, 6.07) is 14.2. The normalized spacial score (nSPS) is 10.4. The zero-order valence-corrected chi connectivity index (χ0v) is 9.96. The molecular formula is C14H14ClN. The highest BCUT2D eigenvalue weighted by molar-refractivity contribution is 6.30. The van der Waals surface area contributed by atoms with Gasteiger partial charge in [-0.05, 0) is 47.4 Å². The Hall–Kier alpha value is -1.31. The monoisotopic (exact) mass is 231 g/mol. The van der Waals surface area contributed by atoms with Crippen molar-refractivity contribution in [2.75, 3.05) is 0 Å². The lowest BCUT2D eigenvalue weighted by Crippen LogP contribution is -1.99. The van der Waals surface area contributed by atoms with Gasteiger partial charge in [0, 0.05) is 11.6 Å². The maximum absolute atomic E-state index is 5.97. The zero-order chi connectivity index (χ0) is 11.5. The highest BCUT2D eigenvalue weighted by Gasteiger charge is 2.01. The summed E-state index contributed by atoms with van der Waals surface area (Å²) in [4.78, 5) is 0. The number of hydrogen-bond acceptors (Lipinski definition) is 1. The van der Waals surface area contributed by atoms with E-state index >= 15 is 0 Å². The smallest absolute Gasteiger partial charge is 0.0412 e. The van der Waals surface area contributed by atoms with Crippen LogP contribution < -0.4 is 5.73 Å². The Morgan fingerprint density at radius 1 is 1.06 bits per heavy atom. The lowest BCUT2D eigenvalue weighted by Gasteiger charge is -2.07. The van der Waals surface area contributed by atoms with Crippen molar-refractivity contribution in [1.82, 2.24) is 0 Å². The fraction of sp³-hybridized carbons (Fsp3) is 0.143.